The Morgan fingerprint density at radius 2 is 1.70 bits per heavy atom. The summed E-state index contributed by atoms with van der Waals surface area (Å²) in [6, 6.07) is 1.54. The average Bonchev–Trinajstić information content (AvgIpc) is 3.19. The maximum Gasteiger partial charge on any atom is 0.315 e. The van der Waals surface area contributed by atoms with Gasteiger partial charge in [0.1, 0.15) is 0 Å². The summed E-state index contributed by atoms with van der Waals surface area (Å²) in [6.45, 7) is 6.73. The summed E-state index contributed by atoms with van der Waals surface area (Å²) >= 11 is 0. The highest BCUT2D eigenvalue weighted by molar-refractivity contribution is 5.74. The highest BCUT2D eigenvalue weighted by Gasteiger charge is 2.54. The van der Waals surface area contributed by atoms with Gasteiger partial charge in [0.2, 0.25) is 0 Å². The SMILES string of the molecule is CC(C)N1CCC(NC(=O)N[C@@H]2C[C@H]3C[C@H]2[C@@H]2CCC[C@H]32)CC1. The Balaban J connectivity index is 1.24. The van der Waals surface area contributed by atoms with Crippen LogP contribution in [-0.4, -0.2) is 42.1 Å². The Kier molecular flexibility index (Phi) is 4.29. The van der Waals surface area contributed by atoms with E-state index in [1.807, 2.05) is 0 Å². The largest absolute Gasteiger partial charge is 0.335 e. The fourth-order valence-corrected chi connectivity index (χ4v) is 6.19. The summed E-state index contributed by atoms with van der Waals surface area (Å²) in [4.78, 5) is 14.9. The molecule has 4 rings (SSSR count). The maximum absolute atomic E-state index is 12.4. The van der Waals surface area contributed by atoms with Crippen molar-refractivity contribution in [2.24, 2.45) is 23.7 Å². The first-order chi connectivity index (χ1) is 11.1. The van der Waals surface area contributed by atoms with Gasteiger partial charge < -0.3 is 15.5 Å². The normalized spacial score (nSPS) is 40.6. The van der Waals surface area contributed by atoms with Crippen LogP contribution in [0.4, 0.5) is 4.79 Å². The fraction of sp³-hybridized carbons (Fsp3) is 0.947. The van der Waals surface area contributed by atoms with Gasteiger partial charge in [-0.15, -0.1) is 0 Å². The van der Waals surface area contributed by atoms with Crippen molar-refractivity contribution < 1.29 is 4.79 Å². The molecule has 5 atom stereocenters. The van der Waals surface area contributed by atoms with Crippen LogP contribution in [0.2, 0.25) is 0 Å². The number of rotatable bonds is 3. The molecule has 3 saturated carbocycles. The number of hydrogen-bond acceptors (Lipinski definition) is 2. The molecule has 4 fully saturated rings. The van der Waals surface area contributed by atoms with Gasteiger partial charge in [0.25, 0.3) is 0 Å². The zero-order valence-electron chi connectivity index (χ0n) is 14.8. The Hall–Kier alpha value is -0.770. The molecule has 2 N–H and O–H groups in total. The zero-order valence-corrected chi connectivity index (χ0v) is 14.8. The molecule has 0 radical (unpaired) electrons. The lowest BCUT2D eigenvalue weighted by atomic mass is 9.79. The molecule has 130 valence electrons. The summed E-state index contributed by atoms with van der Waals surface area (Å²) in [5.41, 5.74) is 0. The van der Waals surface area contributed by atoms with Crippen LogP contribution >= 0.6 is 0 Å². The van der Waals surface area contributed by atoms with Gasteiger partial charge in [-0.25, -0.2) is 4.79 Å². The monoisotopic (exact) mass is 319 g/mol. The van der Waals surface area contributed by atoms with Crippen molar-refractivity contribution in [2.45, 2.75) is 76.9 Å². The van der Waals surface area contributed by atoms with Crippen molar-refractivity contribution in [1.29, 1.82) is 0 Å². The minimum atomic E-state index is 0.0973. The molecule has 2 bridgehead atoms. The number of carbonyl (C=O) groups excluding carboxylic acids is 1. The predicted molar refractivity (Wildman–Crippen MR) is 92.2 cm³/mol. The van der Waals surface area contributed by atoms with Gasteiger partial charge in [0.15, 0.2) is 0 Å². The maximum atomic E-state index is 12.4. The van der Waals surface area contributed by atoms with E-state index < -0.39 is 0 Å². The molecule has 0 aromatic rings. The van der Waals surface area contributed by atoms with E-state index in [-0.39, 0.29) is 6.03 Å². The fourth-order valence-electron chi connectivity index (χ4n) is 6.19. The molecule has 1 saturated heterocycles. The number of urea groups is 1. The third-order valence-electron chi connectivity index (χ3n) is 7.34. The molecule has 1 heterocycles. The highest BCUT2D eigenvalue weighted by atomic mass is 16.2. The summed E-state index contributed by atoms with van der Waals surface area (Å²) in [5, 5.41) is 6.59. The molecule has 4 nitrogen and oxygen atoms in total. The molecule has 4 heteroatoms. The van der Waals surface area contributed by atoms with E-state index in [1.54, 1.807) is 0 Å². The van der Waals surface area contributed by atoms with Crippen LogP contribution in [0.15, 0.2) is 0 Å². The number of likely N-dealkylation sites (tertiary alicyclic amines) is 1. The average molecular weight is 319 g/mol. The van der Waals surface area contributed by atoms with E-state index in [4.69, 9.17) is 0 Å². The van der Waals surface area contributed by atoms with Crippen LogP contribution in [-0.2, 0) is 0 Å². The number of nitrogens with zero attached hydrogens (tertiary/aromatic N) is 1. The lowest BCUT2D eigenvalue weighted by Crippen LogP contribution is -2.52. The van der Waals surface area contributed by atoms with E-state index in [0.29, 0.717) is 18.1 Å². The molecule has 23 heavy (non-hydrogen) atoms. The minimum absolute atomic E-state index is 0.0973. The van der Waals surface area contributed by atoms with Crippen molar-refractivity contribution in [3.05, 3.63) is 0 Å². The first-order valence-corrected chi connectivity index (χ1v) is 9.93. The third-order valence-corrected chi connectivity index (χ3v) is 7.34. The first-order valence-electron chi connectivity index (χ1n) is 9.93. The zero-order chi connectivity index (χ0) is 16.0. The summed E-state index contributed by atoms with van der Waals surface area (Å²) < 4.78 is 0. The molecular weight excluding hydrogens is 286 g/mol. The minimum Gasteiger partial charge on any atom is -0.335 e. The number of piperidine rings is 1. The van der Waals surface area contributed by atoms with Crippen molar-refractivity contribution in [3.63, 3.8) is 0 Å². The number of hydrogen-bond donors (Lipinski definition) is 2. The van der Waals surface area contributed by atoms with Crippen molar-refractivity contribution in [1.82, 2.24) is 15.5 Å². The van der Waals surface area contributed by atoms with Gasteiger partial charge in [-0.2, -0.15) is 0 Å². The van der Waals surface area contributed by atoms with Gasteiger partial charge in [0, 0.05) is 31.2 Å². The van der Waals surface area contributed by atoms with Crippen LogP contribution < -0.4 is 10.6 Å². The van der Waals surface area contributed by atoms with Crippen LogP contribution in [0.5, 0.6) is 0 Å². The van der Waals surface area contributed by atoms with Gasteiger partial charge in [-0.05, 0) is 76.0 Å². The summed E-state index contributed by atoms with van der Waals surface area (Å²) in [6.07, 6.45) is 9.10. The highest BCUT2D eigenvalue weighted by Crippen LogP contribution is 2.58. The smallest absolute Gasteiger partial charge is 0.315 e. The third kappa shape index (κ3) is 2.99. The second-order valence-electron chi connectivity index (χ2n) is 8.78. The van der Waals surface area contributed by atoms with E-state index in [9.17, 15) is 4.79 Å². The second-order valence-corrected chi connectivity index (χ2v) is 8.78. The first kappa shape index (κ1) is 15.7. The Morgan fingerprint density at radius 1 is 0.957 bits per heavy atom. The van der Waals surface area contributed by atoms with Crippen molar-refractivity contribution >= 4 is 6.03 Å². The molecule has 4 aliphatic rings. The van der Waals surface area contributed by atoms with Crippen molar-refractivity contribution in [3.8, 4) is 0 Å². The van der Waals surface area contributed by atoms with E-state index >= 15 is 0 Å². The van der Waals surface area contributed by atoms with Gasteiger partial charge in [-0.3, -0.25) is 0 Å². The molecule has 2 amide bonds. The Morgan fingerprint density at radius 3 is 2.43 bits per heavy atom. The predicted octanol–water partition coefficient (Wildman–Crippen LogP) is 2.98. The van der Waals surface area contributed by atoms with E-state index in [0.717, 1.165) is 49.6 Å². The topological polar surface area (TPSA) is 44.4 Å². The lowest BCUT2D eigenvalue weighted by molar-refractivity contribution is 0.158. The molecule has 0 unspecified atom stereocenters. The van der Waals surface area contributed by atoms with Gasteiger partial charge in [0.05, 0.1) is 0 Å². The summed E-state index contributed by atoms with van der Waals surface area (Å²) in [7, 11) is 0. The number of amides is 2. The molecule has 0 aromatic heterocycles. The molecule has 1 aliphatic heterocycles. The van der Waals surface area contributed by atoms with Crippen molar-refractivity contribution in [2.75, 3.05) is 13.1 Å². The Bertz CT molecular complexity index is 444. The van der Waals surface area contributed by atoms with Crippen LogP contribution in [0.3, 0.4) is 0 Å². The molecular formula is C19H33N3O. The second kappa shape index (κ2) is 6.27. The molecule has 0 spiro atoms. The summed E-state index contributed by atoms with van der Waals surface area (Å²) in [5.74, 6) is 3.61. The quantitative estimate of drug-likeness (QED) is 0.840. The number of nitrogens with one attached hydrogen (secondary N) is 2. The Labute approximate surface area is 140 Å². The standard InChI is InChI=1S/C19H33N3O/c1-12(2)22-8-6-14(7-9-22)20-19(23)21-18-11-13-10-17(18)16-5-3-4-15(13)16/h12-18H,3-11H2,1-2H3,(H2,20,21,23)/t13-,15-,16-,17+,18-/m1/s1. The molecule has 3 aliphatic carbocycles. The van der Waals surface area contributed by atoms with Gasteiger partial charge in [-0.1, -0.05) is 6.42 Å². The molecule has 0 aromatic carbocycles. The van der Waals surface area contributed by atoms with Gasteiger partial charge >= 0.3 is 6.03 Å². The number of fused-ring (bicyclic) bond motifs is 5. The van der Waals surface area contributed by atoms with Crippen LogP contribution in [0, 0.1) is 23.7 Å². The van der Waals surface area contributed by atoms with Crippen LogP contribution in [0.25, 0.3) is 0 Å². The van der Waals surface area contributed by atoms with E-state index in [2.05, 4.69) is 29.4 Å². The number of carbonyl (C=O) groups is 1. The van der Waals surface area contributed by atoms with E-state index in [1.165, 1.54) is 32.1 Å². The lowest BCUT2D eigenvalue weighted by Gasteiger charge is -2.36. The van der Waals surface area contributed by atoms with Crippen LogP contribution in [0.1, 0.15) is 58.8 Å².